The van der Waals surface area contributed by atoms with Crippen molar-refractivity contribution in [2.45, 2.75) is 45.2 Å². The van der Waals surface area contributed by atoms with Crippen LogP contribution in [0.15, 0.2) is 121 Å². The van der Waals surface area contributed by atoms with Crippen molar-refractivity contribution in [1.29, 1.82) is 0 Å². The zero-order valence-electron chi connectivity index (χ0n) is 37.4. The second-order valence-corrected chi connectivity index (χ2v) is 18.9. The third kappa shape index (κ3) is 14.4. The van der Waals surface area contributed by atoms with E-state index in [1.807, 2.05) is 60.7 Å². The molecule has 0 N–H and O–H groups in total. The Kier molecular flexibility index (Phi) is 20.2. The first-order chi connectivity index (χ1) is 34.5. The summed E-state index contributed by atoms with van der Waals surface area (Å²) in [5, 5.41) is 18.8. The van der Waals surface area contributed by atoms with Gasteiger partial charge < -0.3 is 29.8 Å². The summed E-state index contributed by atoms with van der Waals surface area (Å²) in [5.74, 6) is 0. The summed E-state index contributed by atoms with van der Waals surface area (Å²) in [6.07, 6.45) is 6.29. The van der Waals surface area contributed by atoms with Crippen LogP contribution in [0.2, 0.25) is 0 Å². The molecule has 0 bridgehead atoms. The molecule has 366 valence electrons. The van der Waals surface area contributed by atoms with E-state index in [1.165, 1.54) is 64.0 Å². The minimum Gasteiger partial charge on any atom is -0.753 e. The molecule has 72 heavy (non-hydrogen) atoms. The minimum absolute atomic E-state index is 0. The van der Waals surface area contributed by atoms with Gasteiger partial charge in [0.1, 0.15) is 5.69 Å². The van der Waals surface area contributed by atoms with E-state index in [1.54, 1.807) is 54.2 Å². The number of thiophene rings is 4. The van der Waals surface area contributed by atoms with Crippen LogP contribution >= 0.6 is 57.6 Å². The van der Waals surface area contributed by atoms with Gasteiger partial charge in [-0.1, -0.05) is 78.1 Å². The predicted molar refractivity (Wildman–Crippen MR) is 274 cm³/mol. The quantitative estimate of drug-likeness (QED) is 0.0261. The van der Waals surface area contributed by atoms with Crippen molar-refractivity contribution in [3.05, 3.63) is 138 Å². The number of hydrogen-bond donors (Lipinski definition) is 0. The molecule has 0 radical (unpaired) electrons. The maximum atomic E-state index is 12.7. The molecule has 0 saturated heterocycles. The van der Waals surface area contributed by atoms with Crippen LogP contribution in [0.1, 0.15) is 43.9 Å². The molecule has 9 aromatic rings. The summed E-state index contributed by atoms with van der Waals surface area (Å²) in [6, 6.07) is 29.0. The van der Waals surface area contributed by atoms with E-state index in [9.17, 15) is 27.6 Å². The first-order valence-corrected chi connectivity index (χ1v) is 25.0. The molecule has 0 aliphatic carbocycles. The summed E-state index contributed by atoms with van der Waals surface area (Å²) in [5.41, 5.74) is 6.88. The Balaban J connectivity index is 0.000000242. The topological polar surface area (TPSA) is 180 Å². The Bertz CT molecular complexity index is 3160. The van der Waals surface area contributed by atoms with Gasteiger partial charge in [-0.25, -0.2) is 4.98 Å². The van der Waals surface area contributed by atoms with Gasteiger partial charge in [-0.05, 0) is 143 Å². The van der Waals surface area contributed by atoms with E-state index in [4.69, 9.17) is 24.6 Å². The van der Waals surface area contributed by atoms with E-state index in [2.05, 4.69) is 55.7 Å². The Hall–Kier alpha value is -6.77. The number of halogens is 3. The van der Waals surface area contributed by atoms with Crippen molar-refractivity contribution < 1.29 is 61.2 Å². The van der Waals surface area contributed by atoms with Gasteiger partial charge in [0.2, 0.25) is 0 Å². The minimum atomic E-state index is -4.50. The molecule has 0 saturated carbocycles. The van der Waals surface area contributed by atoms with Gasteiger partial charge >= 0.3 is 25.7 Å². The summed E-state index contributed by atoms with van der Waals surface area (Å²) in [4.78, 5) is 54.5. The third-order valence-corrected chi connectivity index (χ3v) is 14.2. The summed E-state index contributed by atoms with van der Waals surface area (Å²) in [6.45, 7) is 3.39. The Labute approximate surface area is 444 Å². The van der Waals surface area contributed by atoms with Crippen molar-refractivity contribution in [3.63, 3.8) is 0 Å². The monoisotopic (exact) mass is 1150 g/mol. The molecule has 0 spiro atoms. The molecule has 0 amide bonds. The van der Waals surface area contributed by atoms with Crippen LogP contribution in [0.3, 0.4) is 0 Å². The number of carbonyl (C=O) groups excluding carboxylic acids is 3. The van der Waals surface area contributed by atoms with Crippen molar-refractivity contribution in [1.82, 2.24) is 30.1 Å². The van der Waals surface area contributed by atoms with E-state index in [0.717, 1.165) is 60.7 Å². The van der Waals surface area contributed by atoms with E-state index < -0.39 is 11.9 Å². The largest absolute Gasteiger partial charge is 2.00 e. The first-order valence-electron chi connectivity index (χ1n) is 21.2. The van der Waals surface area contributed by atoms with Gasteiger partial charge in [0, 0.05) is 38.1 Å². The Morgan fingerprint density at radius 3 is 1.60 bits per heavy atom. The Morgan fingerprint density at radius 1 is 0.639 bits per heavy atom. The fourth-order valence-corrected chi connectivity index (χ4v) is 10.3. The fraction of sp³-hybridized carbons (Fsp3) is 0.140. The number of thiocarbonyl (C=S) groups is 1. The maximum Gasteiger partial charge on any atom is 2.00 e. The van der Waals surface area contributed by atoms with Crippen molar-refractivity contribution in [2.75, 3.05) is 0 Å². The molecule has 0 aliphatic heterocycles. The average Bonchev–Trinajstić information content (AvgIpc) is 4.25. The number of nitrogens with zero attached hydrogens (tertiary/aromatic N) is 7. The van der Waals surface area contributed by atoms with Crippen LogP contribution in [-0.2, 0) is 46.5 Å². The van der Waals surface area contributed by atoms with Crippen molar-refractivity contribution in [3.8, 4) is 91.1 Å². The maximum absolute atomic E-state index is 12.7. The van der Waals surface area contributed by atoms with Gasteiger partial charge in [-0.3, -0.25) is 29.3 Å². The molecular weight excluding hydrogens is 1110 g/mol. The summed E-state index contributed by atoms with van der Waals surface area (Å²) >= 11 is 9.36. The normalized spacial score (nSPS) is 10.6. The van der Waals surface area contributed by atoms with E-state index in [-0.39, 0.29) is 25.2 Å². The second kappa shape index (κ2) is 26.6. The number of unbranched alkanes of at least 4 members (excludes halogenated alkanes) is 3. The van der Waals surface area contributed by atoms with Gasteiger partial charge in [0.15, 0.2) is 15.2 Å². The van der Waals surface area contributed by atoms with Crippen molar-refractivity contribution >= 4 is 82.1 Å². The number of aromatic nitrogens is 6. The number of alkyl halides is 3. The van der Waals surface area contributed by atoms with Crippen LogP contribution in [0, 0.1) is 0 Å². The number of isothiocyanates is 1. The smallest absolute Gasteiger partial charge is 0.753 e. The van der Waals surface area contributed by atoms with Crippen LogP contribution in [0.4, 0.5) is 13.2 Å². The molecule has 13 nitrogen and oxygen atoms in total. The third-order valence-electron chi connectivity index (χ3n) is 10.1. The molecule has 0 fully saturated rings. The molecule has 0 atom stereocenters. The van der Waals surface area contributed by atoms with Gasteiger partial charge in [0.05, 0.1) is 28.5 Å². The molecule has 0 aromatic carbocycles. The number of rotatable bonds is 18. The van der Waals surface area contributed by atoms with Crippen molar-refractivity contribution in [2.24, 2.45) is 0 Å². The molecule has 22 heteroatoms. The number of ether oxygens (including phenoxy) is 3. The van der Waals surface area contributed by atoms with Crippen LogP contribution < -0.4 is 19.3 Å². The van der Waals surface area contributed by atoms with Gasteiger partial charge in [-0.2, -0.15) is 18.3 Å². The SMILES string of the molecule is CCCCCCc1ccsc1-c1ccnc(-c2cc(C(F)(F)F)n[n-]2)c1.O=COc1ccc(-c2ccnc(-c3cc(-c4ccc(OC=O)s4)cc(-c4cc(-c5ccc(OC=O)s5)ccn4)n3)c2)s1.[N-]=C=S.[Ru+2]. The second-order valence-electron chi connectivity index (χ2n) is 14.7. The Morgan fingerprint density at radius 2 is 1.11 bits per heavy atom. The van der Waals surface area contributed by atoms with Gasteiger partial charge in [0.25, 0.3) is 19.4 Å². The predicted octanol–water partition coefficient (Wildman–Crippen LogP) is 13.6. The fourth-order valence-electron chi connectivity index (χ4n) is 6.94. The number of hydrogen-bond acceptors (Lipinski definition) is 16. The van der Waals surface area contributed by atoms with E-state index in [0.29, 0.717) is 63.1 Å². The zero-order valence-corrected chi connectivity index (χ0v) is 43.2. The summed E-state index contributed by atoms with van der Waals surface area (Å²) in [7, 11) is 0. The first kappa shape index (κ1) is 54.6. The zero-order chi connectivity index (χ0) is 50.2. The van der Waals surface area contributed by atoms with Crippen LogP contribution in [-0.4, -0.2) is 49.6 Å². The average molecular weight is 1150 g/mol. The molecule has 0 aliphatic rings. The molecule has 9 rings (SSSR count). The number of pyridine rings is 4. The molecular formula is C50H36F3N7O6RuS5. The molecule has 9 aromatic heterocycles. The van der Waals surface area contributed by atoms with Crippen LogP contribution in [0.25, 0.3) is 81.3 Å². The number of carbonyl (C=O) groups is 3. The molecule has 9 heterocycles. The molecule has 0 unspecified atom stereocenters. The number of aryl methyl sites for hydroxylation is 1. The summed E-state index contributed by atoms with van der Waals surface area (Å²) < 4.78 is 53.2. The van der Waals surface area contributed by atoms with E-state index >= 15 is 0 Å². The van der Waals surface area contributed by atoms with Gasteiger partial charge in [-0.15, -0.1) is 11.3 Å². The standard InChI is InChI=1S/C30H17N3O6S3.C19H19F3N3S.CNS.Ru/c34-15-37-28-4-1-25(40-28)18-7-9-31-21(11-18)23-13-20(27-3-6-30(42-27)39-17-36)14-24(33-23)22-12-19(8-10-32-22)26-2-5-29(41-26)38-16-35;1-2-3-4-5-6-13-8-10-26-18(13)14-7-9-23-15(11-14)16-12-17(25-24-16)19(20,21)22;2-1-3;/h1-17H;7-12H,2-6H2,1H3;;/q;2*-1;+2. The van der Waals surface area contributed by atoms with Crippen LogP contribution in [0.5, 0.6) is 15.2 Å².